The summed E-state index contributed by atoms with van der Waals surface area (Å²) in [5.74, 6) is 1.14. The van der Waals surface area contributed by atoms with Crippen molar-refractivity contribution >= 4 is 11.8 Å². The Hall–Kier alpha value is -0.510. The maximum Gasteiger partial charge on any atom is 0.0443 e. The van der Waals surface area contributed by atoms with E-state index in [-0.39, 0.29) is 0 Å². The van der Waals surface area contributed by atoms with Gasteiger partial charge in [0.15, 0.2) is 0 Å². The Morgan fingerprint density at radius 1 is 1.21 bits per heavy atom. The summed E-state index contributed by atoms with van der Waals surface area (Å²) in [5.41, 5.74) is 1.32. The van der Waals surface area contributed by atoms with E-state index in [2.05, 4.69) is 36.1 Å². The summed E-state index contributed by atoms with van der Waals surface area (Å²) in [5, 5.41) is 8.99. The van der Waals surface area contributed by atoms with Gasteiger partial charge in [0, 0.05) is 36.4 Å². The topological polar surface area (TPSA) is 23.5 Å². The SMILES string of the molecule is Cc1ccc(SCCN(CCCO)C2CCC2)cc1. The third-order valence-electron chi connectivity index (χ3n) is 3.86. The first kappa shape index (κ1) is 14.9. The fourth-order valence-corrected chi connectivity index (χ4v) is 3.31. The summed E-state index contributed by atoms with van der Waals surface area (Å²) in [6, 6.07) is 9.56. The number of benzene rings is 1. The number of hydrogen-bond acceptors (Lipinski definition) is 3. The van der Waals surface area contributed by atoms with Gasteiger partial charge in [-0.05, 0) is 38.3 Å². The fourth-order valence-electron chi connectivity index (χ4n) is 2.42. The summed E-state index contributed by atoms with van der Waals surface area (Å²) in [4.78, 5) is 3.93. The number of aliphatic hydroxyl groups excluding tert-OH is 1. The normalized spacial score (nSPS) is 15.7. The van der Waals surface area contributed by atoms with Crippen LogP contribution in [-0.4, -0.2) is 41.5 Å². The summed E-state index contributed by atoms with van der Waals surface area (Å²) in [6.07, 6.45) is 4.98. The van der Waals surface area contributed by atoms with Crippen molar-refractivity contribution < 1.29 is 5.11 Å². The number of nitrogens with zero attached hydrogens (tertiary/aromatic N) is 1. The molecule has 1 fully saturated rings. The molecule has 0 spiro atoms. The zero-order valence-corrected chi connectivity index (χ0v) is 12.7. The molecule has 19 heavy (non-hydrogen) atoms. The van der Waals surface area contributed by atoms with E-state index in [0.717, 1.165) is 31.3 Å². The highest BCUT2D eigenvalue weighted by atomic mass is 32.2. The zero-order chi connectivity index (χ0) is 13.5. The van der Waals surface area contributed by atoms with Gasteiger partial charge in [-0.3, -0.25) is 4.90 Å². The molecule has 1 aromatic carbocycles. The van der Waals surface area contributed by atoms with E-state index in [0.29, 0.717) is 6.61 Å². The molecular formula is C16H25NOS. The highest BCUT2D eigenvalue weighted by Gasteiger charge is 2.23. The van der Waals surface area contributed by atoms with Crippen LogP contribution in [0.2, 0.25) is 0 Å². The van der Waals surface area contributed by atoms with E-state index in [9.17, 15) is 0 Å². The minimum atomic E-state index is 0.314. The van der Waals surface area contributed by atoms with E-state index in [4.69, 9.17) is 5.11 Å². The van der Waals surface area contributed by atoms with Crippen LogP contribution in [0.1, 0.15) is 31.2 Å². The third-order valence-corrected chi connectivity index (χ3v) is 4.85. The van der Waals surface area contributed by atoms with Crippen molar-refractivity contribution in [3.05, 3.63) is 29.8 Å². The van der Waals surface area contributed by atoms with Crippen LogP contribution < -0.4 is 0 Å². The van der Waals surface area contributed by atoms with Crippen LogP contribution in [0.25, 0.3) is 0 Å². The average molecular weight is 279 g/mol. The fraction of sp³-hybridized carbons (Fsp3) is 0.625. The second-order valence-corrected chi connectivity index (χ2v) is 6.53. The van der Waals surface area contributed by atoms with Crippen LogP contribution >= 0.6 is 11.8 Å². The molecule has 3 heteroatoms. The van der Waals surface area contributed by atoms with Crippen molar-refractivity contribution in [2.75, 3.05) is 25.4 Å². The maximum atomic E-state index is 8.99. The number of rotatable bonds is 8. The van der Waals surface area contributed by atoms with Gasteiger partial charge in [-0.2, -0.15) is 0 Å². The number of thioether (sulfide) groups is 1. The van der Waals surface area contributed by atoms with Crippen molar-refractivity contribution in [3.8, 4) is 0 Å². The minimum absolute atomic E-state index is 0.314. The van der Waals surface area contributed by atoms with Gasteiger partial charge >= 0.3 is 0 Å². The van der Waals surface area contributed by atoms with Gasteiger partial charge in [-0.15, -0.1) is 11.8 Å². The molecule has 1 aromatic rings. The first-order chi connectivity index (χ1) is 9.29. The lowest BCUT2D eigenvalue weighted by atomic mass is 9.91. The number of aryl methyl sites for hydroxylation is 1. The molecule has 0 amide bonds. The standard InChI is InChI=1S/C16H25NOS/c1-14-6-8-16(9-7-14)19-13-11-17(10-3-12-18)15-4-2-5-15/h6-9,15,18H,2-5,10-13H2,1H3. The first-order valence-electron chi connectivity index (χ1n) is 7.34. The van der Waals surface area contributed by atoms with E-state index in [1.807, 2.05) is 11.8 Å². The Morgan fingerprint density at radius 2 is 1.95 bits per heavy atom. The maximum absolute atomic E-state index is 8.99. The lowest BCUT2D eigenvalue weighted by Gasteiger charge is -2.37. The summed E-state index contributed by atoms with van der Waals surface area (Å²) in [6.45, 7) is 4.63. The highest BCUT2D eigenvalue weighted by Crippen LogP contribution is 2.26. The average Bonchev–Trinajstić information content (AvgIpc) is 2.36. The second-order valence-electron chi connectivity index (χ2n) is 5.36. The van der Waals surface area contributed by atoms with Crippen LogP contribution in [0.15, 0.2) is 29.2 Å². The van der Waals surface area contributed by atoms with Gasteiger partial charge in [0.25, 0.3) is 0 Å². The first-order valence-corrected chi connectivity index (χ1v) is 8.32. The summed E-state index contributed by atoms with van der Waals surface area (Å²) < 4.78 is 0. The van der Waals surface area contributed by atoms with Gasteiger partial charge in [0.05, 0.1) is 0 Å². The van der Waals surface area contributed by atoms with Crippen molar-refractivity contribution in [1.29, 1.82) is 0 Å². The molecule has 2 nitrogen and oxygen atoms in total. The van der Waals surface area contributed by atoms with E-state index < -0.39 is 0 Å². The second kappa shape index (κ2) is 7.93. The Balaban J connectivity index is 1.73. The van der Waals surface area contributed by atoms with Crippen molar-refractivity contribution in [2.24, 2.45) is 0 Å². The molecule has 1 N–H and O–H groups in total. The van der Waals surface area contributed by atoms with Crippen LogP contribution in [0.4, 0.5) is 0 Å². The van der Waals surface area contributed by atoms with E-state index in [1.165, 1.54) is 29.7 Å². The monoisotopic (exact) mass is 279 g/mol. The molecule has 0 aliphatic heterocycles. The largest absolute Gasteiger partial charge is 0.396 e. The van der Waals surface area contributed by atoms with Gasteiger partial charge in [-0.25, -0.2) is 0 Å². The van der Waals surface area contributed by atoms with Crippen molar-refractivity contribution in [3.63, 3.8) is 0 Å². The highest BCUT2D eigenvalue weighted by molar-refractivity contribution is 7.99. The smallest absolute Gasteiger partial charge is 0.0443 e. The predicted molar refractivity (Wildman–Crippen MR) is 82.8 cm³/mol. The molecule has 0 heterocycles. The van der Waals surface area contributed by atoms with Crippen LogP contribution in [-0.2, 0) is 0 Å². The molecule has 0 atom stereocenters. The van der Waals surface area contributed by atoms with Crippen LogP contribution in [0, 0.1) is 6.92 Å². The molecule has 1 aliphatic carbocycles. The lowest BCUT2D eigenvalue weighted by molar-refractivity contribution is 0.124. The molecule has 1 saturated carbocycles. The molecule has 106 valence electrons. The van der Waals surface area contributed by atoms with Gasteiger partial charge in [0.2, 0.25) is 0 Å². The quantitative estimate of drug-likeness (QED) is 0.738. The molecule has 0 radical (unpaired) electrons. The zero-order valence-electron chi connectivity index (χ0n) is 11.8. The number of hydrogen-bond donors (Lipinski definition) is 1. The van der Waals surface area contributed by atoms with Crippen LogP contribution in [0.5, 0.6) is 0 Å². The molecular weight excluding hydrogens is 254 g/mol. The minimum Gasteiger partial charge on any atom is -0.396 e. The van der Waals surface area contributed by atoms with E-state index >= 15 is 0 Å². The molecule has 0 unspecified atom stereocenters. The Labute approximate surface area is 121 Å². The lowest BCUT2D eigenvalue weighted by Crippen LogP contribution is -2.42. The van der Waals surface area contributed by atoms with Crippen molar-refractivity contribution in [2.45, 2.75) is 43.5 Å². The van der Waals surface area contributed by atoms with Gasteiger partial charge < -0.3 is 5.11 Å². The van der Waals surface area contributed by atoms with Gasteiger partial charge in [-0.1, -0.05) is 24.1 Å². The molecule has 0 saturated heterocycles. The Bertz CT molecular complexity index is 362. The molecule has 0 aromatic heterocycles. The molecule has 1 aliphatic rings. The molecule has 2 rings (SSSR count). The Morgan fingerprint density at radius 3 is 2.53 bits per heavy atom. The Kier molecular flexibility index (Phi) is 6.21. The van der Waals surface area contributed by atoms with Crippen LogP contribution in [0.3, 0.4) is 0 Å². The molecule has 0 bridgehead atoms. The third kappa shape index (κ3) is 4.83. The predicted octanol–water partition coefficient (Wildman–Crippen LogP) is 3.32. The van der Waals surface area contributed by atoms with Crippen molar-refractivity contribution in [1.82, 2.24) is 4.90 Å². The van der Waals surface area contributed by atoms with E-state index in [1.54, 1.807) is 0 Å². The number of aliphatic hydroxyl groups is 1. The summed E-state index contributed by atoms with van der Waals surface area (Å²) >= 11 is 1.94. The van der Waals surface area contributed by atoms with Gasteiger partial charge in [0.1, 0.15) is 0 Å². The summed E-state index contributed by atoms with van der Waals surface area (Å²) in [7, 11) is 0.